The van der Waals surface area contributed by atoms with Gasteiger partial charge in [-0.2, -0.15) is 0 Å². The number of aliphatic hydroxyl groups excluding tert-OH is 2. The number of benzene rings is 2. The molecule has 2 atom stereocenters. The first-order chi connectivity index (χ1) is 20.8. The van der Waals surface area contributed by atoms with Gasteiger partial charge in [-0.15, -0.1) is 0 Å². The lowest BCUT2D eigenvalue weighted by molar-refractivity contribution is -0.0210. The monoisotopic (exact) mass is 601 g/mol. The molecule has 0 bridgehead atoms. The molecule has 2 fully saturated rings. The zero-order chi connectivity index (χ0) is 30.4. The molecule has 0 spiro atoms. The molecule has 3 aromatic rings. The zero-order valence-electron chi connectivity index (χ0n) is 24.8. The number of aliphatic hydroxyl groups is 2. The van der Waals surface area contributed by atoms with Crippen molar-refractivity contribution < 1.29 is 32.9 Å². The molecular formula is C33H42F3N3O4. The Bertz CT molecular complexity index is 1360. The largest absolute Gasteiger partial charge is 0.497 e. The molecule has 10 heteroatoms. The van der Waals surface area contributed by atoms with Crippen molar-refractivity contribution in [3.63, 3.8) is 0 Å². The second-order valence-electron chi connectivity index (χ2n) is 11.9. The Balaban J connectivity index is 1.34. The molecule has 2 aliphatic heterocycles. The van der Waals surface area contributed by atoms with Crippen molar-refractivity contribution in [1.82, 2.24) is 15.2 Å². The number of piperidine rings is 1. The van der Waals surface area contributed by atoms with Crippen LogP contribution in [0.25, 0.3) is 10.9 Å². The smallest absolute Gasteiger partial charge is 0.132 e. The van der Waals surface area contributed by atoms with E-state index >= 15 is 0 Å². The van der Waals surface area contributed by atoms with Crippen LogP contribution in [-0.4, -0.2) is 72.7 Å². The third kappa shape index (κ3) is 7.49. The topological polar surface area (TPSA) is 87.1 Å². The maximum Gasteiger partial charge on any atom is 0.132 e. The Labute approximate surface area is 251 Å². The first kappa shape index (κ1) is 31.7. The van der Waals surface area contributed by atoms with Crippen LogP contribution in [0.1, 0.15) is 61.3 Å². The Morgan fingerprint density at radius 3 is 2.47 bits per heavy atom. The van der Waals surface area contributed by atoms with E-state index in [1.165, 1.54) is 0 Å². The summed E-state index contributed by atoms with van der Waals surface area (Å²) < 4.78 is 52.7. The molecule has 2 aliphatic rings. The Morgan fingerprint density at radius 1 is 1.05 bits per heavy atom. The number of ether oxygens (including phenoxy) is 2. The van der Waals surface area contributed by atoms with Crippen LogP contribution < -0.4 is 10.1 Å². The number of fused-ring (bicyclic) bond motifs is 1. The molecule has 1 aromatic heterocycles. The molecule has 2 saturated heterocycles. The number of nitrogens with zero attached hydrogens (tertiary/aromatic N) is 2. The average molecular weight is 602 g/mol. The van der Waals surface area contributed by atoms with Crippen LogP contribution in [0.5, 0.6) is 5.75 Å². The maximum atomic E-state index is 14.2. The third-order valence-electron chi connectivity index (χ3n) is 9.26. The van der Waals surface area contributed by atoms with Crippen molar-refractivity contribution in [1.29, 1.82) is 0 Å². The summed E-state index contributed by atoms with van der Waals surface area (Å²) in [7, 11) is 1.61. The van der Waals surface area contributed by atoms with Crippen molar-refractivity contribution in [3.8, 4) is 5.75 Å². The Kier molecular flexibility index (Phi) is 10.6. The van der Waals surface area contributed by atoms with Gasteiger partial charge < -0.3 is 25.0 Å². The second-order valence-corrected chi connectivity index (χ2v) is 11.9. The van der Waals surface area contributed by atoms with Crippen LogP contribution in [0.15, 0.2) is 36.5 Å². The number of halogens is 3. The van der Waals surface area contributed by atoms with Crippen molar-refractivity contribution in [2.45, 2.75) is 63.7 Å². The number of methoxy groups -OCH3 is 1. The van der Waals surface area contributed by atoms with Gasteiger partial charge in [0, 0.05) is 48.9 Å². The summed E-state index contributed by atoms with van der Waals surface area (Å²) in [5.74, 6) is -2.06. The van der Waals surface area contributed by atoms with E-state index in [1.54, 1.807) is 7.11 Å². The van der Waals surface area contributed by atoms with Crippen molar-refractivity contribution >= 4 is 10.9 Å². The normalized spacial score (nSPS) is 18.9. The van der Waals surface area contributed by atoms with E-state index in [0.29, 0.717) is 63.3 Å². The number of aromatic nitrogens is 1. The average Bonchev–Trinajstić information content (AvgIpc) is 3.01. The molecule has 0 radical (unpaired) electrons. The van der Waals surface area contributed by atoms with Crippen LogP contribution in [0.4, 0.5) is 13.2 Å². The first-order valence-electron chi connectivity index (χ1n) is 15.3. The van der Waals surface area contributed by atoms with Crippen LogP contribution >= 0.6 is 0 Å². The van der Waals surface area contributed by atoms with Crippen LogP contribution in [0.2, 0.25) is 0 Å². The first-order valence-corrected chi connectivity index (χ1v) is 15.3. The van der Waals surface area contributed by atoms with Crippen LogP contribution in [0.3, 0.4) is 0 Å². The van der Waals surface area contributed by atoms with Crippen molar-refractivity contribution in [2.75, 3.05) is 46.5 Å². The molecule has 0 aliphatic carbocycles. The van der Waals surface area contributed by atoms with E-state index in [9.17, 15) is 23.4 Å². The van der Waals surface area contributed by atoms with Gasteiger partial charge >= 0.3 is 0 Å². The predicted molar refractivity (Wildman–Crippen MR) is 158 cm³/mol. The minimum absolute atomic E-state index is 0.0711. The summed E-state index contributed by atoms with van der Waals surface area (Å²) in [4.78, 5) is 6.98. The highest BCUT2D eigenvalue weighted by Gasteiger charge is 2.39. The van der Waals surface area contributed by atoms with E-state index in [4.69, 9.17) is 9.47 Å². The van der Waals surface area contributed by atoms with E-state index < -0.39 is 35.1 Å². The van der Waals surface area contributed by atoms with Gasteiger partial charge in [-0.1, -0.05) is 0 Å². The van der Waals surface area contributed by atoms with Gasteiger partial charge in [-0.25, -0.2) is 13.2 Å². The zero-order valence-corrected chi connectivity index (χ0v) is 24.8. The highest BCUT2D eigenvalue weighted by molar-refractivity contribution is 5.85. The molecule has 7 nitrogen and oxygen atoms in total. The lowest BCUT2D eigenvalue weighted by Crippen LogP contribution is -2.44. The van der Waals surface area contributed by atoms with Crippen LogP contribution in [-0.2, 0) is 17.7 Å². The number of rotatable bonds is 12. The standard InChI is InChI=1S/C33H42F3N3O4/c1-42-24-5-6-29-26(19-24)32(22(20-38-29)21-39-13-15-43-16-14-39)30(40)7-8-33(9-11-37-12-10-33)31(41)4-2-3-25-27(35)17-23(34)18-28(25)36/h5-6,17-20,30-31,37,40-41H,2-4,7-16,21H2,1H3/t30-,31+/m1/s1. The fraction of sp³-hybridized carbons (Fsp3) is 0.545. The summed E-state index contributed by atoms with van der Waals surface area (Å²) in [5, 5.41) is 27.5. The van der Waals surface area contributed by atoms with Gasteiger partial charge in [0.2, 0.25) is 0 Å². The number of hydrogen-bond acceptors (Lipinski definition) is 7. The lowest BCUT2D eigenvalue weighted by Gasteiger charge is -2.42. The Hall–Kier alpha value is -2.76. The fourth-order valence-corrected chi connectivity index (χ4v) is 6.71. The number of morpholine rings is 1. The highest BCUT2D eigenvalue weighted by atomic mass is 19.1. The van der Waals surface area contributed by atoms with Crippen molar-refractivity contribution in [2.24, 2.45) is 5.41 Å². The summed E-state index contributed by atoms with van der Waals surface area (Å²) >= 11 is 0. The van der Waals surface area contributed by atoms with Crippen LogP contribution in [0, 0.1) is 22.9 Å². The number of hydrogen-bond donors (Lipinski definition) is 3. The van der Waals surface area contributed by atoms with Gasteiger partial charge in [-0.05, 0) is 92.8 Å². The molecule has 3 N–H and O–H groups in total. The molecular weight excluding hydrogens is 559 g/mol. The molecule has 2 aromatic carbocycles. The summed E-state index contributed by atoms with van der Waals surface area (Å²) in [6.07, 6.45) is 3.60. The fourth-order valence-electron chi connectivity index (χ4n) is 6.71. The predicted octanol–water partition coefficient (Wildman–Crippen LogP) is 5.06. The second kappa shape index (κ2) is 14.3. The SMILES string of the molecule is COc1ccc2ncc(CN3CCOCC3)c([C@H](O)CCC3([C@@H](O)CCCc4c(F)cc(F)cc4F)CCNCC3)c2c1. The van der Waals surface area contributed by atoms with E-state index in [1.807, 2.05) is 24.4 Å². The molecule has 0 saturated carbocycles. The highest BCUT2D eigenvalue weighted by Crippen LogP contribution is 2.43. The maximum absolute atomic E-state index is 14.2. The van der Waals surface area contributed by atoms with Gasteiger partial charge in [0.05, 0.1) is 38.0 Å². The molecule has 43 heavy (non-hydrogen) atoms. The number of pyridine rings is 1. The van der Waals surface area contributed by atoms with Crippen molar-refractivity contribution in [3.05, 3.63) is 70.7 Å². The molecule has 234 valence electrons. The van der Waals surface area contributed by atoms with E-state index in [2.05, 4.69) is 15.2 Å². The molecule has 5 rings (SSSR count). The summed E-state index contributed by atoms with van der Waals surface area (Å²) in [6.45, 7) is 5.07. The number of nitrogens with one attached hydrogen (secondary N) is 1. The van der Waals surface area contributed by atoms with E-state index in [0.717, 1.165) is 61.1 Å². The molecule has 0 amide bonds. The minimum Gasteiger partial charge on any atom is -0.497 e. The van der Waals surface area contributed by atoms with Gasteiger partial charge in [0.1, 0.15) is 23.2 Å². The summed E-state index contributed by atoms with van der Waals surface area (Å²) in [6, 6.07) is 7.06. The summed E-state index contributed by atoms with van der Waals surface area (Å²) in [5.41, 5.74) is 1.96. The quantitative estimate of drug-likeness (QED) is 0.268. The van der Waals surface area contributed by atoms with Gasteiger partial charge in [0.25, 0.3) is 0 Å². The molecule has 3 heterocycles. The van der Waals surface area contributed by atoms with Gasteiger partial charge in [-0.3, -0.25) is 9.88 Å². The third-order valence-corrected chi connectivity index (χ3v) is 9.26. The molecule has 0 unspecified atom stereocenters. The Morgan fingerprint density at radius 2 is 1.77 bits per heavy atom. The minimum atomic E-state index is -0.945. The van der Waals surface area contributed by atoms with Gasteiger partial charge in [0.15, 0.2) is 0 Å². The lowest BCUT2D eigenvalue weighted by atomic mass is 9.69. The van der Waals surface area contributed by atoms with E-state index in [-0.39, 0.29) is 12.0 Å².